The van der Waals surface area contributed by atoms with Crippen LogP contribution in [0.2, 0.25) is 0 Å². The van der Waals surface area contributed by atoms with Gasteiger partial charge in [0.15, 0.2) is 0 Å². The zero-order valence-electron chi connectivity index (χ0n) is 18.1. The predicted octanol–water partition coefficient (Wildman–Crippen LogP) is 0.374. The van der Waals surface area contributed by atoms with Gasteiger partial charge in [-0.3, -0.25) is 15.5 Å². The highest BCUT2D eigenvalue weighted by atomic mass is 79.9. The minimum atomic E-state index is -1.26. The largest absolute Gasteiger partial charge is 1.00 e. The van der Waals surface area contributed by atoms with Gasteiger partial charge in [0.1, 0.15) is 11.4 Å². The third-order valence-corrected chi connectivity index (χ3v) is 5.77. The van der Waals surface area contributed by atoms with Crippen LogP contribution in [-0.2, 0) is 11.2 Å². The van der Waals surface area contributed by atoms with Crippen molar-refractivity contribution in [1.29, 1.82) is 0 Å². The first-order valence-electron chi connectivity index (χ1n) is 10.1. The molecule has 33 heavy (non-hydrogen) atoms. The predicted molar refractivity (Wildman–Crippen MR) is 125 cm³/mol. The first kappa shape index (κ1) is 26.1. The van der Waals surface area contributed by atoms with Crippen LogP contribution in [0.5, 0.6) is 0 Å². The Balaban J connectivity index is 0.00000385. The Hall–Kier alpha value is -3.15. The van der Waals surface area contributed by atoms with Crippen LogP contribution < -0.4 is 27.3 Å². The van der Waals surface area contributed by atoms with E-state index in [1.807, 2.05) is 17.5 Å². The summed E-state index contributed by atoms with van der Waals surface area (Å²) in [6, 6.07) is 14.2. The van der Waals surface area contributed by atoms with Crippen molar-refractivity contribution >= 4 is 39.5 Å². The summed E-state index contributed by atoms with van der Waals surface area (Å²) in [6.45, 7) is 6.31. The van der Waals surface area contributed by atoms with Crippen molar-refractivity contribution in [2.75, 3.05) is 18.5 Å². The van der Waals surface area contributed by atoms with E-state index in [0.717, 1.165) is 24.3 Å². The first-order chi connectivity index (χ1) is 15.4. The number of benzene rings is 2. The molecule has 2 aromatic carbocycles. The maximum absolute atomic E-state index is 11.6. The number of hydrogen-bond acceptors (Lipinski definition) is 7. The molecular formula is C22H24BrN5O4S. The quantitative estimate of drug-likeness (QED) is 0.196. The van der Waals surface area contributed by atoms with E-state index in [9.17, 15) is 20.0 Å². The number of aliphatic carboxylic acids is 1. The Morgan fingerprint density at radius 3 is 2.45 bits per heavy atom. The molecule has 11 heteroatoms. The molecular weight excluding hydrogens is 510 g/mol. The van der Waals surface area contributed by atoms with Crippen molar-refractivity contribution in [3.8, 4) is 11.3 Å². The van der Waals surface area contributed by atoms with Crippen molar-refractivity contribution < 1.29 is 36.7 Å². The lowest BCUT2D eigenvalue weighted by molar-refractivity contribution is -0.828. The second kappa shape index (κ2) is 12.2. The molecule has 3 aromatic rings. The third-order valence-electron chi connectivity index (χ3n) is 5.03. The Morgan fingerprint density at radius 2 is 1.85 bits per heavy atom. The standard InChI is InChI=1S/C22H23N5O4S.BrH/c1-3-26(4-2)17-11-9-15(10-12-17)19-14-32-22(23-19)25-24-18(21(28)29)13-16-7-5-6-8-20(16)27(30)31;/h5-12,14H,3-4,13H2,1-2H3,(H,23,25)(H,28,29);1H/b24-18+;. The SMILES string of the molecule is CC[NH+](CC)c1ccc(-c2csc(N/N=C(\Cc3ccccc3[N+](=O)[O-])C(=O)O)n2)cc1.[Br-]. The van der Waals surface area contributed by atoms with Gasteiger partial charge in [0.2, 0.25) is 5.13 Å². The minimum absolute atomic E-state index is 0. The molecule has 0 aliphatic rings. The lowest BCUT2D eigenvalue weighted by atomic mass is 10.1. The molecule has 0 aliphatic carbocycles. The number of rotatable bonds is 10. The summed E-state index contributed by atoms with van der Waals surface area (Å²) in [5.74, 6) is -1.26. The van der Waals surface area contributed by atoms with Crippen LogP contribution in [-0.4, -0.2) is 39.8 Å². The molecule has 0 fully saturated rings. The van der Waals surface area contributed by atoms with Gasteiger partial charge in [-0.1, -0.05) is 18.2 Å². The fourth-order valence-corrected chi connectivity index (χ4v) is 3.95. The number of thiazole rings is 1. The number of nitro benzene ring substituents is 1. The van der Waals surface area contributed by atoms with E-state index in [0.29, 0.717) is 5.13 Å². The normalized spacial score (nSPS) is 11.2. The van der Waals surface area contributed by atoms with Crippen LogP contribution in [0.25, 0.3) is 11.3 Å². The van der Waals surface area contributed by atoms with Gasteiger partial charge in [0.25, 0.3) is 5.69 Å². The number of para-hydroxylation sites is 1. The molecule has 1 aromatic heterocycles. The molecule has 0 bridgehead atoms. The Morgan fingerprint density at radius 1 is 1.18 bits per heavy atom. The molecule has 0 radical (unpaired) electrons. The number of hydrazone groups is 1. The maximum atomic E-state index is 11.6. The number of halogens is 1. The van der Waals surface area contributed by atoms with Crippen molar-refractivity contribution in [3.63, 3.8) is 0 Å². The number of carboxylic acid groups (broad SMARTS) is 1. The van der Waals surface area contributed by atoms with E-state index in [1.165, 1.54) is 40.1 Å². The summed E-state index contributed by atoms with van der Waals surface area (Å²) in [4.78, 5) is 28.1. The molecule has 0 saturated carbocycles. The number of carbonyl (C=O) groups is 1. The van der Waals surface area contributed by atoms with Crippen molar-refractivity contribution in [1.82, 2.24) is 4.98 Å². The minimum Gasteiger partial charge on any atom is -1.00 e. The van der Waals surface area contributed by atoms with Gasteiger partial charge >= 0.3 is 5.97 Å². The number of anilines is 1. The zero-order valence-corrected chi connectivity index (χ0v) is 20.5. The van der Waals surface area contributed by atoms with Crippen molar-refractivity contribution in [2.45, 2.75) is 20.3 Å². The number of hydrogen-bond donors (Lipinski definition) is 3. The van der Waals surface area contributed by atoms with Crippen LogP contribution >= 0.6 is 11.3 Å². The average Bonchev–Trinajstić information content (AvgIpc) is 3.27. The van der Waals surface area contributed by atoms with Gasteiger partial charge in [0, 0.05) is 29.0 Å². The number of carboxylic acids is 1. The van der Waals surface area contributed by atoms with E-state index in [4.69, 9.17) is 0 Å². The Kier molecular flexibility index (Phi) is 9.64. The summed E-state index contributed by atoms with van der Waals surface area (Å²) < 4.78 is 0. The number of quaternary nitrogens is 1. The molecule has 3 rings (SSSR count). The van der Waals surface area contributed by atoms with E-state index in [-0.39, 0.29) is 40.4 Å². The summed E-state index contributed by atoms with van der Waals surface area (Å²) in [7, 11) is 0. The van der Waals surface area contributed by atoms with Crippen LogP contribution in [0.4, 0.5) is 16.5 Å². The monoisotopic (exact) mass is 533 g/mol. The second-order valence-corrected chi connectivity index (χ2v) is 7.82. The molecule has 0 saturated heterocycles. The number of nitrogens with zero attached hydrogens (tertiary/aromatic N) is 3. The lowest BCUT2D eigenvalue weighted by Crippen LogP contribution is -3.06. The highest BCUT2D eigenvalue weighted by Gasteiger charge is 2.19. The third kappa shape index (κ3) is 6.67. The maximum Gasteiger partial charge on any atom is 0.352 e. The molecule has 9 nitrogen and oxygen atoms in total. The van der Waals surface area contributed by atoms with Gasteiger partial charge in [0.05, 0.1) is 23.7 Å². The molecule has 0 atom stereocenters. The fourth-order valence-electron chi connectivity index (χ4n) is 3.29. The molecule has 0 unspecified atom stereocenters. The Bertz CT molecular complexity index is 1130. The van der Waals surface area contributed by atoms with Crippen LogP contribution in [0.3, 0.4) is 0 Å². The van der Waals surface area contributed by atoms with E-state index in [2.05, 4.69) is 41.5 Å². The number of aromatic nitrogens is 1. The van der Waals surface area contributed by atoms with Crippen molar-refractivity contribution in [3.05, 3.63) is 69.6 Å². The van der Waals surface area contributed by atoms with Gasteiger partial charge in [-0.25, -0.2) is 9.78 Å². The summed E-state index contributed by atoms with van der Waals surface area (Å²) >= 11 is 1.30. The molecule has 0 amide bonds. The molecule has 174 valence electrons. The average molecular weight is 534 g/mol. The fraction of sp³-hybridized carbons (Fsp3) is 0.227. The number of nitrogens with one attached hydrogen (secondary N) is 2. The zero-order chi connectivity index (χ0) is 23.1. The Labute approximate surface area is 205 Å². The van der Waals surface area contributed by atoms with E-state index >= 15 is 0 Å². The van der Waals surface area contributed by atoms with E-state index < -0.39 is 10.9 Å². The summed E-state index contributed by atoms with van der Waals surface area (Å²) in [5, 5.41) is 26.9. The molecule has 1 heterocycles. The van der Waals surface area contributed by atoms with Crippen LogP contribution in [0, 0.1) is 10.1 Å². The highest BCUT2D eigenvalue weighted by Crippen LogP contribution is 2.26. The smallest absolute Gasteiger partial charge is 0.352 e. The topological polar surface area (TPSA) is 122 Å². The molecule has 0 spiro atoms. The summed E-state index contributed by atoms with van der Waals surface area (Å²) in [5.41, 5.74) is 5.48. The lowest BCUT2D eigenvalue weighted by Gasteiger charge is -2.14. The second-order valence-electron chi connectivity index (χ2n) is 6.96. The van der Waals surface area contributed by atoms with Gasteiger partial charge < -0.3 is 27.0 Å². The van der Waals surface area contributed by atoms with Crippen LogP contribution in [0.1, 0.15) is 19.4 Å². The van der Waals surface area contributed by atoms with Gasteiger partial charge in [-0.05, 0) is 38.1 Å². The van der Waals surface area contributed by atoms with Gasteiger partial charge in [-0.2, -0.15) is 5.10 Å². The molecule has 0 aliphatic heterocycles. The van der Waals surface area contributed by atoms with E-state index in [1.54, 1.807) is 6.07 Å². The summed E-state index contributed by atoms with van der Waals surface area (Å²) in [6.07, 6.45) is -0.188. The van der Waals surface area contributed by atoms with Crippen molar-refractivity contribution in [2.24, 2.45) is 5.10 Å². The number of nitro groups is 1. The highest BCUT2D eigenvalue weighted by molar-refractivity contribution is 7.14. The first-order valence-corrected chi connectivity index (χ1v) is 11.0. The van der Waals surface area contributed by atoms with Gasteiger partial charge in [-0.15, -0.1) is 11.3 Å². The van der Waals surface area contributed by atoms with Crippen LogP contribution in [0.15, 0.2) is 59.0 Å². The molecule has 3 N–H and O–H groups in total.